The second-order valence-electron chi connectivity index (χ2n) is 13.1. The molecule has 1 N–H and O–H groups in total. The Labute approximate surface area is 275 Å². The van der Waals surface area contributed by atoms with Gasteiger partial charge in [0.25, 0.3) is 0 Å². The molecule has 2 atom stereocenters. The maximum atomic E-state index is 12.6. The van der Waals surface area contributed by atoms with Gasteiger partial charge in [0.05, 0.1) is 34.4 Å². The lowest BCUT2D eigenvalue weighted by Gasteiger charge is -2.31. The van der Waals surface area contributed by atoms with Gasteiger partial charge in [-0.15, -0.1) is 0 Å². The van der Waals surface area contributed by atoms with Crippen molar-refractivity contribution in [3.05, 3.63) is 24.3 Å². The van der Waals surface area contributed by atoms with Crippen molar-refractivity contribution in [2.75, 3.05) is 41.0 Å². The summed E-state index contributed by atoms with van der Waals surface area (Å²) in [4.78, 5) is 36.6. The van der Waals surface area contributed by atoms with Crippen LogP contribution in [0.2, 0.25) is 0 Å². The fraction of sp³-hybridized carbons (Fsp3) is 0.811. The van der Waals surface area contributed by atoms with Crippen molar-refractivity contribution in [1.82, 2.24) is 0 Å². The van der Waals surface area contributed by atoms with Crippen LogP contribution in [0.1, 0.15) is 142 Å². The molecule has 0 rings (SSSR count). The van der Waals surface area contributed by atoms with E-state index >= 15 is 0 Å². The highest BCUT2D eigenvalue weighted by Crippen LogP contribution is 2.12. The number of unbranched alkanes of at least 4 members (excludes halogenated alkanes) is 13. The third-order valence-electron chi connectivity index (χ3n) is 7.82. The lowest BCUT2D eigenvalue weighted by molar-refractivity contribution is -0.887. The van der Waals surface area contributed by atoms with Gasteiger partial charge in [-0.1, -0.05) is 95.9 Å². The van der Waals surface area contributed by atoms with Crippen LogP contribution in [0.15, 0.2) is 24.3 Å². The van der Waals surface area contributed by atoms with Gasteiger partial charge in [-0.2, -0.15) is 0 Å². The zero-order chi connectivity index (χ0) is 33.6. The standard InChI is InChI=1S/C37H67NO7/c1-6-8-10-12-14-16-18-20-21-23-25-27-35(39)44-32-33(31-43-30-29-34(37(41)42)38(3,4)5)45-36(40)28-26-24-22-19-17-15-13-11-9-7-2/h12-15,33-34H,6-11,16-32H2,1-5H3/p+1/b14-12+,15-13+. The first-order valence-electron chi connectivity index (χ1n) is 17.9. The van der Waals surface area contributed by atoms with Gasteiger partial charge in [-0.05, 0) is 51.4 Å². The predicted octanol–water partition coefficient (Wildman–Crippen LogP) is 8.57. The summed E-state index contributed by atoms with van der Waals surface area (Å²) >= 11 is 0. The van der Waals surface area contributed by atoms with Gasteiger partial charge >= 0.3 is 17.9 Å². The van der Waals surface area contributed by atoms with Crippen molar-refractivity contribution in [2.24, 2.45) is 0 Å². The van der Waals surface area contributed by atoms with Gasteiger partial charge in [-0.25, -0.2) is 4.79 Å². The van der Waals surface area contributed by atoms with Gasteiger partial charge < -0.3 is 23.8 Å². The Hall–Kier alpha value is -2.19. The molecular weight excluding hydrogens is 570 g/mol. The predicted molar refractivity (Wildman–Crippen MR) is 183 cm³/mol. The first-order valence-corrected chi connectivity index (χ1v) is 17.9. The third kappa shape index (κ3) is 27.8. The molecule has 0 fully saturated rings. The minimum absolute atomic E-state index is 0.0553. The second kappa shape index (κ2) is 29.2. The van der Waals surface area contributed by atoms with E-state index in [9.17, 15) is 19.5 Å². The van der Waals surface area contributed by atoms with Gasteiger partial charge in [0, 0.05) is 19.3 Å². The lowest BCUT2D eigenvalue weighted by Crippen LogP contribution is -2.50. The molecule has 2 unspecified atom stereocenters. The van der Waals surface area contributed by atoms with Crippen molar-refractivity contribution in [3.63, 3.8) is 0 Å². The molecule has 0 aliphatic rings. The van der Waals surface area contributed by atoms with Crippen LogP contribution in [0.4, 0.5) is 0 Å². The number of carboxylic acids is 1. The van der Waals surface area contributed by atoms with Crippen molar-refractivity contribution < 1.29 is 38.2 Å². The summed E-state index contributed by atoms with van der Waals surface area (Å²) in [6, 6.07) is -0.613. The lowest BCUT2D eigenvalue weighted by atomic mass is 10.1. The summed E-state index contributed by atoms with van der Waals surface area (Å²) in [7, 11) is 5.50. The number of aliphatic carboxylic acids is 1. The van der Waals surface area contributed by atoms with Crippen LogP contribution < -0.4 is 0 Å². The first kappa shape index (κ1) is 42.8. The Kier molecular flexibility index (Phi) is 27.8. The maximum Gasteiger partial charge on any atom is 0.362 e. The Balaban J connectivity index is 4.49. The fourth-order valence-electron chi connectivity index (χ4n) is 4.93. The van der Waals surface area contributed by atoms with Gasteiger partial charge in [0.1, 0.15) is 6.61 Å². The molecule has 0 aliphatic carbocycles. The van der Waals surface area contributed by atoms with Gasteiger partial charge in [0.15, 0.2) is 12.1 Å². The number of carboxylic acid groups (broad SMARTS) is 1. The fourth-order valence-corrected chi connectivity index (χ4v) is 4.93. The summed E-state index contributed by atoms with van der Waals surface area (Å²) in [5, 5.41) is 9.55. The van der Waals surface area contributed by atoms with E-state index in [-0.39, 0.29) is 36.2 Å². The molecular formula is C37H68NO7+. The first-order chi connectivity index (χ1) is 21.6. The zero-order valence-electron chi connectivity index (χ0n) is 29.6. The number of allylic oxidation sites excluding steroid dienone is 4. The highest BCUT2D eigenvalue weighted by molar-refractivity contribution is 5.72. The molecule has 0 saturated heterocycles. The molecule has 45 heavy (non-hydrogen) atoms. The molecule has 8 heteroatoms. The van der Waals surface area contributed by atoms with Crippen LogP contribution in [-0.4, -0.2) is 80.6 Å². The molecule has 0 spiro atoms. The monoisotopic (exact) mass is 638 g/mol. The van der Waals surface area contributed by atoms with Crippen molar-refractivity contribution in [3.8, 4) is 0 Å². The largest absolute Gasteiger partial charge is 0.477 e. The summed E-state index contributed by atoms with van der Waals surface area (Å²) in [6.07, 6.45) is 27.9. The molecule has 8 nitrogen and oxygen atoms in total. The SMILES string of the molecule is CCCC/C=C/CCCCCCCC(=O)OCC(COCCC(C(=O)O)[N+](C)(C)C)OC(=O)CCCCCC/C=C/CCCC. The smallest absolute Gasteiger partial charge is 0.362 e. The summed E-state index contributed by atoms with van der Waals surface area (Å²) in [6.45, 7) is 4.61. The summed E-state index contributed by atoms with van der Waals surface area (Å²) in [5.74, 6) is -1.50. The van der Waals surface area contributed by atoms with E-state index in [1.807, 2.05) is 21.1 Å². The van der Waals surface area contributed by atoms with E-state index in [4.69, 9.17) is 14.2 Å². The van der Waals surface area contributed by atoms with E-state index in [1.54, 1.807) is 0 Å². The van der Waals surface area contributed by atoms with Crippen molar-refractivity contribution in [1.29, 1.82) is 0 Å². The summed E-state index contributed by atoms with van der Waals surface area (Å²) in [5.41, 5.74) is 0. The minimum Gasteiger partial charge on any atom is -0.477 e. The van der Waals surface area contributed by atoms with Crippen LogP contribution in [0, 0.1) is 0 Å². The number of hydrogen-bond donors (Lipinski definition) is 1. The molecule has 0 amide bonds. The summed E-state index contributed by atoms with van der Waals surface area (Å²) < 4.78 is 17.1. The van der Waals surface area contributed by atoms with Crippen molar-refractivity contribution >= 4 is 17.9 Å². The zero-order valence-corrected chi connectivity index (χ0v) is 29.6. The van der Waals surface area contributed by atoms with Crippen LogP contribution in [0.5, 0.6) is 0 Å². The number of carbonyl (C=O) groups excluding carboxylic acids is 2. The highest BCUT2D eigenvalue weighted by Gasteiger charge is 2.31. The van der Waals surface area contributed by atoms with Crippen LogP contribution in [0.25, 0.3) is 0 Å². The minimum atomic E-state index is -0.880. The molecule has 0 aromatic carbocycles. The number of nitrogens with zero attached hydrogens (tertiary/aromatic N) is 1. The number of ether oxygens (including phenoxy) is 3. The number of carbonyl (C=O) groups is 3. The van der Waals surface area contributed by atoms with E-state index in [0.29, 0.717) is 19.3 Å². The number of esters is 2. The Morgan fingerprint density at radius 1 is 0.644 bits per heavy atom. The number of quaternary nitrogens is 1. The molecule has 0 heterocycles. The molecule has 0 aromatic rings. The number of hydrogen-bond acceptors (Lipinski definition) is 6. The second-order valence-corrected chi connectivity index (χ2v) is 13.1. The maximum absolute atomic E-state index is 12.6. The molecule has 0 aliphatic heterocycles. The molecule has 262 valence electrons. The average molecular weight is 639 g/mol. The topological polar surface area (TPSA) is 99.1 Å². The molecule has 0 radical (unpaired) electrons. The number of rotatable bonds is 31. The van der Waals surface area contributed by atoms with E-state index in [1.165, 1.54) is 38.5 Å². The van der Waals surface area contributed by atoms with Crippen LogP contribution >= 0.6 is 0 Å². The molecule has 0 saturated carbocycles. The molecule has 0 aromatic heterocycles. The van der Waals surface area contributed by atoms with Crippen LogP contribution in [0.3, 0.4) is 0 Å². The van der Waals surface area contributed by atoms with E-state index in [0.717, 1.165) is 70.6 Å². The van der Waals surface area contributed by atoms with E-state index < -0.39 is 18.1 Å². The highest BCUT2D eigenvalue weighted by atomic mass is 16.6. The number of likely N-dealkylation sites (N-methyl/N-ethyl adjacent to an activating group) is 1. The van der Waals surface area contributed by atoms with Gasteiger partial charge in [0.2, 0.25) is 0 Å². The Morgan fingerprint density at radius 2 is 1.11 bits per heavy atom. The average Bonchev–Trinajstić information content (AvgIpc) is 2.98. The quantitative estimate of drug-likeness (QED) is 0.0351. The third-order valence-corrected chi connectivity index (χ3v) is 7.82. The van der Waals surface area contributed by atoms with Crippen LogP contribution in [-0.2, 0) is 28.6 Å². The Bertz CT molecular complexity index is 803. The molecule has 0 bridgehead atoms. The van der Waals surface area contributed by atoms with E-state index in [2.05, 4.69) is 38.2 Å². The normalized spacial score (nSPS) is 13.4. The van der Waals surface area contributed by atoms with Gasteiger partial charge in [-0.3, -0.25) is 9.59 Å². The Morgan fingerprint density at radius 3 is 1.60 bits per heavy atom. The van der Waals surface area contributed by atoms with Crippen molar-refractivity contribution in [2.45, 2.75) is 154 Å².